The zero-order chi connectivity index (χ0) is 10.8. The Hall–Kier alpha value is -1.16. The molecule has 2 aliphatic rings. The number of nitrogens with zero attached hydrogens (tertiary/aromatic N) is 2. The molecule has 0 bridgehead atoms. The Bertz CT molecular complexity index is 359. The van der Waals surface area contributed by atoms with Gasteiger partial charge < -0.3 is 10.1 Å². The van der Waals surface area contributed by atoms with Crippen molar-refractivity contribution in [1.82, 2.24) is 9.97 Å². The highest BCUT2D eigenvalue weighted by Crippen LogP contribution is 2.29. The second-order valence-corrected chi connectivity index (χ2v) is 4.71. The Morgan fingerprint density at radius 1 is 1.31 bits per heavy atom. The maximum atomic E-state index is 5.38. The lowest BCUT2D eigenvalue weighted by molar-refractivity contribution is 0.193. The first-order chi connectivity index (χ1) is 7.92. The molecule has 1 saturated heterocycles. The van der Waals surface area contributed by atoms with Gasteiger partial charge in [0.2, 0.25) is 0 Å². The maximum Gasteiger partial charge on any atom is 0.129 e. The van der Waals surface area contributed by atoms with Crippen LogP contribution in [0.25, 0.3) is 0 Å². The van der Waals surface area contributed by atoms with E-state index in [4.69, 9.17) is 4.74 Å². The van der Waals surface area contributed by atoms with Crippen molar-refractivity contribution in [3.8, 4) is 0 Å². The normalized spacial score (nSPS) is 24.6. The van der Waals surface area contributed by atoms with Crippen LogP contribution in [-0.4, -0.2) is 29.7 Å². The van der Waals surface area contributed by atoms with Crippen LogP contribution in [0.2, 0.25) is 0 Å². The Labute approximate surface area is 95.4 Å². The molecule has 2 heterocycles. The van der Waals surface area contributed by atoms with Gasteiger partial charge in [0.25, 0.3) is 0 Å². The van der Waals surface area contributed by atoms with Crippen LogP contribution in [-0.2, 0) is 4.74 Å². The molecule has 0 spiro atoms. The molecule has 1 aromatic rings. The number of ether oxygens (including phenoxy) is 1. The summed E-state index contributed by atoms with van der Waals surface area (Å²) in [4.78, 5) is 8.58. The third kappa shape index (κ3) is 2.32. The lowest BCUT2D eigenvalue weighted by atomic mass is 10.1. The van der Waals surface area contributed by atoms with Gasteiger partial charge in [0.05, 0.1) is 12.3 Å². The van der Waals surface area contributed by atoms with E-state index in [0.29, 0.717) is 5.92 Å². The van der Waals surface area contributed by atoms with E-state index in [0.717, 1.165) is 43.6 Å². The minimum Gasteiger partial charge on any atom is -0.381 e. The molecule has 86 valence electrons. The SMILES string of the molecule is c1nc(NCC2CC2)cc(C2CCOC2)n1. The Kier molecular flexibility index (Phi) is 2.74. The molecule has 4 heteroatoms. The zero-order valence-corrected chi connectivity index (χ0v) is 9.35. The molecule has 1 saturated carbocycles. The van der Waals surface area contributed by atoms with Gasteiger partial charge in [-0.05, 0) is 25.2 Å². The largest absolute Gasteiger partial charge is 0.381 e. The zero-order valence-electron chi connectivity index (χ0n) is 9.35. The van der Waals surface area contributed by atoms with Crippen molar-refractivity contribution >= 4 is 5.82 Å². The molecule has 4 nitrogen and oxygen atoms in total. The quantitative estimate of drug-likeness (QED) is 0.838. The number of aromatic nitrogens is 2. The first-order valence-corrected chi connectivity index (χ1v) is 6.05. The van der Waals surface area contributed by atoms with Crippen LogP contribution in [0.5, 0.6) is 0 Å². The summed E-state index contributed by atoms with van der Waals surface area (Å²) in [5.74, 6) is 2.29. The number of rotatable bonds is 4. The summed E-state index contributed by atoms with van der Waals surface area (Å²) < 4.78 is 5.38. The second kappa shape index (κ2) is 4.37. The monoisotopic (exact) mass is 219 g/mol. The summed E-state index contributed by atoms with van der Waals surface area (Å²) in [7, 11) is 0. The van der Waals surface area contributed by atoms with Crippen LogP contribution >= 0.6 is 0 Å². The van der Waals surface area contributed by atoms with Crippen molar-refractivity contribution in [2.45, 2.75) is 25.2 Å². The molecule has 1 N–H and O–H groups in total. The van der Waals surface area contributed by atoms with E-state index >= 15 is 0 Å². The molecule has 3 rings (SSSR count). The smallest absolute Gasteiger partial charge is 0.129 e. The number of nitrogens with one attached hydrogen (secondary N) is 1. The molecule has 16 heavy (non-hydrogen) atoms. The molecule has 2 fully saturated rings. The first kappa shape index (κ1) is 10.0. The van der Waals surface area contributed by atoms with Crippen molar-refractivity contribution in [3.63, 3.8) is 0 Å². The standard InChI is InChI=1S/C12H17N3O/c1-2-9(1)6-13-12-5-11(14-8-15-12)10-3-4-16-7-10/h5,8-10H,1-4,6-7H2,(H,13,14,15). The third-order valence-electron chi connectivity index (χ3n) is 3.30. The number of anilines is 1. The van der Waals surface area contributed by atoms with Gasteiger partial charge in [-0.3, -0.25) is 0 Å². The fourth-order valence-electron chi connectivity index (χ4n) is 2.03. The minimum atomic E-state index is 0.462. The minimum absolute atomic E-state index is 0.462. The average molecular weight is 219 g/mol. The summed E-state index contributed by atoms with van der Waals surface area (Å²) in [5.41, 5.74) is 1.12. The summed E-state index contributed by atoms with van der Waals surface area (Å²) in [5, 5.41) is 3.38. The number of hydrogen-bond acceptors (Lipinski definition) is 4. The van der Waals surface area contributed by atoms with E-state index in [9.17, 15) is 0 Å². The Morgan fingerprint density at radius 3 is 3.00 bits per heavy atom. The fourth-order valence-corrected chi connectivity index (χ4v) is 2.03. The van der Waals surface area contributed by atoms with E-state index < -0.39 is 0 Å². The van der Waals surface area contributed by atoms with Crippen LogP contribution < -0.4 is 5.32 Å². The summed E-state index contributed by atoms with van der Waals surface area (Å²) in [6.45, 7) is 2.72. The van der Waals surface area contributed by atoms with Gasteiger partial charge in [0.1, 0.15) is 12.1 Å². The molecule has 1 aliphatic carbocycles. The lowest BCUT2D eigenvalue weighted by Gasteiger charge is -2.09. The molecule has 0 radical (unpaired) electrons. The molecule has 1 unspecified atom stereocenters. The van der Waals surface area contributed by atoms with Gasteiger partial charge in [-0.1, -0.05) is 0 Å². The van der Waals surface area contributed by atoms with Crippen molar-refractivity contribution in [2.24, 2.45) is 5.92 Å². The van der Waals surface area contributed by atoms with E-state index in [1.807, 2.05) is 0 Å². The molecule has 1 aromatic heterocycles. The van der Waals surface area contributed by atoms with E-state index in [-0.39, 0.29) is 0 Å². The van der Waals surface area contributed by atoms with Crippen LogP contribution in [0, 0.1) is 5.92 Å². The summed E-state index contributed by atoms with van der Waals surface area (Å²) in [6.07, 6.45) is 5.46. The highest BCUT2D eigenvalue weighted by Gasteiger charge is 2.22. The second-order valence-electron chi connectivity index (χ2n) is 4.71. The molecular weight excluding hydrogens is 202 g/mol. The molecule has 1 aliphatic heterocycles. The molecule has 0 aromatic carbocycles. The highest BCUT2D eigenvalue weighted by molar-refractivity contribution is 5.36. The Balaban J connectivity index is 1.65. The van der Waals surface area contributed by atoms with Gasteiger partial charge in [-0.25, -0.2) is 9.97 Å². The van der Waals surface area contributed by atoms with Crippen molar-refractivity contribution in [3.05, 3.63) is 18.1 Å². The third-order valence-corrected chi connectivity index (χ3v) is 3.30. The predicted octanol–water partition coefficient (Wildman–Crippen LogP) is 1.80. The van der Waals surface area contributed by atoms with Crippen LogP contribution in [0.4, 0.5) is 5.82 Å². The number of hydrogen-bond donors (Lipinski definition) is 1. The van der Waals surface area contributed by atoms with E-state index in [2.05, 4.69) is 21.4 Å². The first-order valence-electron chi connectivity index (χ1n) is 6.05. The Morgan fingerprint density at radius 2 is 2.25 bits per heavy atom. The van der Waals surface area contributed by atoms with Gasteiger partial charge in [-0.2, -0.15) is 0 Å². The highest BCUT2D eigenvalue weighted by atomic mass is 16.5. The predicted molar refractivity (Wildman–Crippen MR) is 61.4 cm³/mol. The van der Waals surface area contributed by atoms with Crippen LogP contribution in [0.1, 0.15) is 30.9 Å². The van der Waals surface area contributed by atoms with Gasteiger partial charge >= 0.3 is 0 Å². The topological polar surface area (TPSA) is 47.0 Å². The summed E-state index contributed by atoms with van der Waals surface area (Å²) in [6, 6.07) is 2.07. The fraction of sp³-hybridized carbons (Fsp3) is 0.667. The average Bonchev–Trinajstić information content (AvgIpc) is 2.99. The lowest BCUT2D eigenvalue weighted by Crippen LogP contribution is -2.07. The molecule has 0 amide bonds. The van der Waals surface area contributed by atoms with Crippen molar-refractivity contribution in [1.29, 1.82) is 0 Å². The van der Waals surface area contributed by atoms with Crippen LogP contribution in [0.15, 0.2) is 12.4 Å². The van der Waals surface area contributed by atoms with Crippen molar-refractivity contribution in [2.75, 3.05) is 25.1 Å². The van der Waals surface area contributed by atoms with E-state index in [1.54, 1.807) is 6.33 Å². The van der Waals surface area contributed by atoms with Crippen molar-refractivity contribution < 1.29 is 4.74 Å². The van der Waals surface area contributed by atoms with E-state index in [1.165, 1.54) is 12.8 Å². The van der Waals surface area contributed by atoms with Crippen LogP contribution in [0.3, 0.4) is 0 Å². The maximum absolute atomic E-state index is 5.38. The summed E-state index contributed by atoms with van der Waals surface area (Å²) >= 11 is 0. The molecular formula is C12H17N3O. The van der Waals surface area contributed by atoms with Gasteiger partial charge in [-0.15, -0.1) is 0 Å². The molecule has 1 atom stereocenters. The van der Waals surface area contributed by atoms with Gasteiger partial charge in [0.15, 0.2) is 0 Å². The van der Waals surface area contributed by atoms with Gasteiger partial charge in [0, 0.05) is 25.1 Å².